The summed E-state index contributed by atoms with van der Waals surface area (Å²) >= 11 is 1.08. The Labute approximate surface area is 197 Å². The minimum atomic E-state index is -4.30. The van der Waals surface area contributed by atoms with E-state index in [4.69, 9.17) is 10.5 Å². The molecule has 0 unspecified atom stereocenters. The number of carbonyl (C=O) groups is 1. The molecule has 0 aliphatic heterocycles. The van der Waals surface area contributed by atoms with E-state index in [1.165, 1.54) is 18.2 Å². The highest BCUT2D eigenvalue weighted by atomic mass is 32.1. The summed E-state index contributed by atoms with van der Waals surface area (Å²) in [6, 6.07) is 10.6. The number of thiophene rings is 1. The van der Waals surface area contributed by atoms with Crippen LogP contribution in [0.4, 0.5) is 28.4 Å². The predicted molar refractivity (Wildman–Crippen MR) is 121 cm³/mol. The van der Waals surface area contributed by atoms with Gasteiger partial charge in [0.15, 0.2) is 0 Å². The van der Waals surface area contributed by atoms with Crippen molar-refractivity contribution in [1.29, 1.82) is 0 Å². The lowest BCUT2D eigenvalue weighted by atomic mass is 9.96. The van der Waals surface area contributed by atoms with Crippen LogP contribution in [0.5, 0.6) is 0 Å². The van der Waals surface area contributed by atoms with Crippen molar-refractivity contribution >= 4 is 28.1 Å². The quantitative estimate of drug-likeness (QED) is 0.268. The highest BCUT2D eigenvalue weighted by molar-refractivity contribution is 7.19. The number of nitrogens with zero attached hydrogens (tertiary/aromatic N) is 1. The number of rotatable bonds is 9. The first-order valence-corrected chi connectivity index (χ1v) is 11.0. The number of pyridine rings is 1. The number of nitrogens with one attached hydrogen (secondary N) is 1. The molecule has 0 aliphatic rings. The molecule has 0 spiro atoms. The Hall–Kier alpha value is -3.02. The average Bonchev–Trinajstić information content (AvgIpc) is 3.14. The smallest absolute Gasteiger partial charge is 0.386 e. The third kappa shape index (κ3) is 6.75. The lowest BCUT2D eigenvalue weighted by Gasteiger charge is -2.18. The van der Waals surface area contributed by atoms with E-state index in [0.717, 1.165) is 11.3 Å². The Bertz CT molecular complexity index is 1170. The van der Waals surface area contributed by atoms with Crippen LogP contribution in [0.3, 0.4) is 0 Å². The van der Waals surface area contributed by atoms with Gasteiger partial charge in [0.25, 0.3) is 5.91 Å². The van der Waals surface area contributed by atoms with Gasteiger partial charge < -0.3 is 20.9 Å². The molecule has 0 fully saturated rings. The number of nitrogens with two attached hydrogens (primary N) is 1. The highest BCUT2D eigenvalue weighted by Gasteiger charge is 2.26. The van der Waals surface area contributed by atoms with Gasteiger partial charge in [0, 0.05) is 10.4 Å². The number of alkyl halides is 3. The van der Waals surface area contributed by atoms with Gasteiger partial charge in [-0.05, 0) is 43.7 Å². The molecule has 3 rings (SSSR count). The summed E-state index contributed by atoms with van der Waals surface area (Å²) in [6.45, 7) is 2.48. The second-order valence-electron chi connectivity index (χ2n) is 8.03. The van der Waals surface area contributed by atoms with E-state index in [1.54, 1.807) is 38.1 Å². The monoisotopic (exact) mass is 497 g/mol. The topological polar surface area (TPSA) is 97.5 Å². The van der Waals surface area contributed by atoms with Crippen LogP contribution >= 0.6 is 11.3 Å². The number of hydrogen-bond donors (Lipinski definition) is 3. The second kappa shape index (κ2) is 10.1. The molecule has 0 radical (unpaired) electrons. The van der Waals surface area contributed by atoms with Gasteiger partial charge in [0.1, 0.15) is 16.6 Å². The van der Waals surface area contributed by atoms with Crippen LogP contribution in [0.1, 0.15) is 41.9 Å². The van der Waals surface area contributed by atoms with Crippen molar-refractivity contribution in [3.8, 4) is 10.4 Å². The van der Waals surface area contributed by atoms with Gasteiger partial charge in [-0.1, -0.05) is 18.2 Å². The molecule has 0 atom stereocenters. The van der Waals surface area contributed by atoms with Crippen LogP contribution in [0.2, 0.25) is 0 Å². The lowest BCUT2D eigenvalue weighted by molar-refractivity contribution is -0.146. The fourth-order valence-corrected chi connectivity index (χ4v) is 4.10. The predicted octanol–water partition coefficient (Wildman–Crippen LogP) is 5.49. The summed E-state index contributed by atoms with van der Waals surface area (Å²) in [7, 11) is 0. The van der Waals surface area contributed by atoms with Crippen LogP contribution in [0.25, 0.3) is 10.4 Å². The summed E-state index contributed by atoms with van der Waals surface area (Å²) in [6.07, 6.45) is -5.36. The van der Waals surface area contributed by atoms with Crippen molar-refractivity contribution in [2.75, 3.05) is 11.9 Å². The normalized spacial score (nSPS) is 12.1. The maximum atomic E-state index is 14.8. The van der Waals surface area contributed by atoms with Crippen molar-refractivity contribution in [2.24, 2.45) is 5.73 Å². The molecule has 0 saturated carbocycles. The van der Waals surface area contributed by atoms with Crippen LogP contribution in [0, 0.1) is 5.82 Å². The molecule has 0 saturated heterocycles. The maximum Gasteiger partial charge on any atom is 0.391 e. The third-order valence-corrected chi connectivity index (χ3v) is 5.85. The zero-order valence-electron chi connectivity index (χ0n) is 18.4. The van der Waals surface area contributed by atoms with Crippen molar-refractivity contribution in [2.45, 2.75) is 38.7 Å². The molecule has 4 N–H and O–H groups in total. The van der Waals surface area contributed by atoms with Crippen LogP contribution in [0.15, 0.2) is 42.5 Å². The highest BCUT2D eigenvalue weighted by Crippen LogP contribution is 2.38. The third-order valence-electron chi connectivity index (χ3n) is 4.77. The standard InChI is InChI=1S/C23H23F4N3O3S/c1-22(2,32)13-6-7-15(17(24)10-13)18-11-16(20(28)31)21(34-18)30-19-5-3-4-14(29-19)12-33-9-8-23(25,26)27/h3-7,10-11,32H,8-9,12H2,1-2H3,(H2,28,31)(H,29,30). The van der Waals surface area contributed by atoms with Gasteiger partial charge in [0.2, 0.25) is 0 Å². The van der Waals surface area contributed by atoms with Gasteiger partial charge in [-0.2, -0.15) is 13.2 Å². The van der Waals surface area contributed by atoms with E-state index in [1.807, 2.05) is 0 Å². The van der Waals surface area contributed by atoms with Gasteiger partial charge >= 0.3 is 6.18 Å². The number of hydrogen-bond acceptors (Lipinski definition) is 6. The minimum Gasteiger partial charge on any atom is -0.386 e. The fourth-order valence-electron chi connectivity index (χ4n) is 3.01. The Morgan fingerprint density at radius 2 is 1.94 bits per heavy atom. The molecule has 0 bridgehead atoms. The molecule has 1 aromatic carbocycles. The summed E-state index contributed by atoms with van der Waals surface area (Å²) in [5, 5.41) is 13.4. The summed E-state index contributed by atoms with van der Waals surface area (Å²) in [5.41, 5.74) is 5.42. The molecule has 11 heteroatoms. The van der Waals surface area contributed by atoms with Crippen molar-refractivity contribution in [1.82, 2.24) is 4.98 Å². The molecule has 182 valence electrons. The molecule has 0 aliphatic carbocycles. The molecule has 2 heterocycles. The van der Waals surface area contributed by atoms with E-state index < -0.39 is 36.5 Å². The largest absolute Gasteiger partial charge is 0.391 e. The van der Waals surface area contributed by atoms with Crippen LogP contribution in [-0.4, -0.2) is 28.8 Å². The molecule has 3 aromatic rings. The van der Waals surface area contributed by atoms with E-state index in [2.05, 4.69) is 10.3 Å². The van der Waals surface area contributed by atoms with Crippen molar-refractivity contribution in [3.05, 3.63) is 65.1 Å². The number of aromatic nitrogens is 1. The number of aliphatic hydroxyl groups is 1. The van der Waals surface area contributed by atoms with Crippen molar-refractivity contribution in [3.63, 3.8) is 0 Å². The van der Waals surface area contributed by atoms with Crippen molar-refractivity contribution < 1.29 is 32.2 Å². The number of anilines is 2. The molecule has 2 aromatic heterocycles. The van der Waals surface area contributed by atoms with Gasteiger partial charge in [0.05, 0.1) is 36.5 Å². The van der Waals surface area contributed by atoms with Crippen LogP contribution < -0.4 is 11.1 Å². The second-order valence-corrected chi connectivity index (χ2v) is 9.08. The van der Waals surface area contributed by atoms with Gasteiger partial charge in [-0.25, -0.2) is 9.37 Å². The summed E-state index contributed by atoms with van der Waals surface area (Å²) < 4.78 is 56.5. The Balaban J connectivity index is 1.80. The van der Waals surface area contributed by atoms with E-state index >= 15 is 0 Å². The Morgan fingerprint density at radius 3 is 2.56 bits per heavy atom. The molecule has 6 nitrogen and oxygen atoms in total. The number of halogens is 4. The Kier molecular flexibility index (Phi) is 7.59. The number of primary amides is 1. The Morgan fingerprint density at radius 1 is 1.21 bits per heavy atom. The number of carbonyl (C=O) groups excluding carboxylic acids is 1. The lowest BCUT2D eigenvalue weighted by Crippen LogP contribution is -2.15. The first-order chi connectivity index (χ1) is 15.8. The summed E-state index contributed by atoms with van der Waals surface area (Å²) in [5.74, 6) is -0.990. The van der Waals surface area contributed by atoms with E-state index in [0.29, 0.717) is 27.0 Å². The summed E-state index contributed by atoms with van der Waals surface area (Å²) in [4.78, 5) is 16.7. The van der Waals surface area contributed by atoms with Crippen LogP contribution in [-0.2, 0) is 16.9 Å². The number of benzene rings is 1. The fraction of sp³-hybridized carbons (Fsp3) is 0.304. The molecule has 1 amide bonds. The zero-order chi connectivity index (χ0) is 25.1. The van der Waals surface area contributed by atoms with Gasteiger partial charge in [-0.3, -0.25) is 4.79 Å². The first kappa shape index (κ1) is 25.6. The van der Waals surface area contributed by atoms with E-state index in [-0.39, 0.29) is 17.7 Å². The molecular formula is C23H23F4N3O3S. The van der Waals surface area contributed by atoms with Gasteiger partial charge in [-0.15, -0.1) is 11.3 Å². The average molecular weight is 498 g/mol. The van der Waals surface area contributed by atoms with E-state index in [9.17, 15) is 27.5 Å². The zero-order valence-corrected chi connectivity index (χ0v) is 19.2. The number of amides is 1. The minimum absolute atomic E-state index is 0.122. The molecule has 34 heavy (non-hydrogen) atoms. The SMILES string of the molecule is CC(C)(O)c1ccc(-c2cc(C(N)=O)c(Nc3cccc(COCCC(F)(F)F)n3)s2)c(F)c1. The first-order valence-electron chi connectivity index (χ1n) is 10.2. The number of ether oxygens (including phenoxy) is 1. The molecular weight excluding hydrogens is 474 g/mol. The maximum absolute atomic E-state index is 14.8.